The Morgan fingerprint density at radius 1 is 0.579 bits per heavy atom. The molecule has 1 aliphatic rings. The molecule has 1 aliphatic heterocycles. The highest BCUT2D eigenvalue weighted by Gasteiger charge is 2.44. The summed E-state index contributed by atoms with van der Waals surface area (Å²) in [6.07, 6.45) is 38.3. The lowest BCUT2D eigenvalue weighted by Crippen LogP contribution is -2.60. The first-order valence-electron chi connectivity index (χ1n) is 24.4. The fraction of sp³-hybridized carbons (Fsp3) is 0.938. The zero-order valence-corrected chi connectivity index (χ0v) is 37.1. The molecule has 0 saturated carbocycles. The summed E-state index contributed by atoms with van der Waals surface area (Å²) in [7, 11) is 0. The predicted molar refractivity (Wildman–Crippen MR) is 235 cm³/mol. The molecule has 0 unspecified atom stereocenters. The van der Waals surface area contributed by atoms with Gasteiger partial charge in [-0.05, 0) is 19.3 Å². The Kier molecular flexibility index (Phi) is 37.0. The first kappa shape index (κ1) is 53.9. The van der Waals surface area contributed by atoms with Gasteiger partial charge in [0.15, 0.2) is 6.29 Å². The average molecular weight is 812 g/mol. The fourth-order valence-corrected chi connectivity index (χ4v) is 7.92. The first-order valence-corrected chi connectivity index (χ1v) is 24.4. The minimum absolute atomic E-state index is 0.173. The first-order chi connectivity index (χ1) is 27.8. The van der Waals surface area contributed by atoms with Crippen molar-refractivity contribution in [1.29, 1.82) is 0 Å². The van der Waals surface area contributed by atoms with Crippen molar-refractivity contribution in [2.45, 2.75) is 275 Å². The summed E-state index contributed by atoms with van der Waals surface area (Å²) in [5, 5.41) is 54.2. The van der Waals surface area contributed by atoms with E-state index < -0.39 is 49.5 Å². The van der Waals surface area contributed by atoms with Crippen molar-refractivity contribution < 1.29 is 39.8 Å². The maximum Gasteiger partial charge on any atom is 0.220 e. The number of rotatable bonds is 41. The van der Waals surface area contributed by atoms with E-state index in [1.807, 2.05) is 6.08 Å². The zero-order chi connectivity index (χ0) is 41.6. The molecule has 0 bridgehead atoms. The molecular weight excluding hydrogens is 719 g/mol. The Morgan fingerprint density at radius 3 is 1.37 bits per heavy atom. The lowest BCUT2D eigenvalue weighted by Gasteiger charge is -2.40. The van der Waals surface area contributed by atoms with Crippen LogP contribution < -0.4 is 5.32 Å². The van der Waals surface area contributed by atoms with Crippen molar-refractivity contribution in [2.24, 2.45) is 0 Å². The molecule has 0 aliphatic carbocycles. The van der Waals surface area contributed by atoms with Crippen LogP contribution in [0.1, 0.15) is 232 Å². The van der Waals surface area contributed by atoms with Gasteiger partial charge in [0.05, 0.1) is 25.4 Å². The Hall–Kier alpha value is -1.07. The second-order valence-electron chi connectivity index (χ2n) is 17.3. The molecule has 1 fully saturated rings. The highest BCUT2D eigenvalue weighted by atomic mass is 16.7. The van der Waals surface area contributed by atoms with E-state index in [0.29, 0.717) is 6.42 Å². The molecule has 338 valence electrons. The zero-order valence-electron chi connectivity index (χ0n) is 37.1. The van der Waals surface area contributed by atoms with Gasteiger partial charge in [-0.25, -0.2) is 0 Å². The van der Waals surface area contributed by atoms with E-state index in [9.17, 15) is 30.3 Å². The molecule has 0 aromatic carbocycles. The van der Waals surface area contributed by atoms with Crippen LogP contribution in [0.4, 0.5) is 0 Å². The van der Waals surface area contributed by atoms with Crippen LogP contribution in [-0.4, -0.2) is 87.5 Å². The SMILES string of the molecule is CCCCCCCCCCCCC/C=C/[C@H](O)[C@@H](CO[C@H]1O[C@H](CO)[C@H](O)[C@H](O)[C@H]1O)NC(=O)CCCCCCCCCCCCCCCCCCCCCCC. The van der Waals surface area contributed by atoms with Crippen LogP contribution >= 0.6 is 0 Å². The summed E-state index contributed by atoms with van der Waals surface area (Å²) >= 11 is 0. The summed E-state index contributed by atoms with van der Waals surface area (Å²) in [4.78, 5) is 13.0. The van der Waals surface area contributed by atoms with Gasteiger partial charge >= 0.3 is 0 Å². The number of hydrogen-bond donors (Lipinski definition) is 6. The maximum absolute atomic E-state index is 13.0. The molecule has 9 heteroatoms. The number of aliphatic hydroxyl groups is 5. The molecule has 57 heavy (non-hydrogen) atoms. The average Bonchev–Trinajstić information content (AvgIpc) is 3.21. The van der Waals surface area contributed by atoms with Crippen LogP contribution in [0.25, 0.3) is 0 Å². The third-order valence-electron chi connectivity index (χ3n) is 11.9. The molecule has 1 amide bonds. The van der Waals surface area contributed by atoms with Crippen LogP contribution in [0.5, 0.6) is 0 Å². The largest absolute Gasteiger partial charge is 0.394 e. The second-order valence-corrected chi connectivity index (χ2v) is 17.3. The second kappa shape index (κ2) is 39.1. The summed E-state index contributed by atoms with van der Waals surface area (Å²) in [6.45, 7) is 3.79. The van der Waals surface area contributed by atoms with Crippen molar-refractivity contribution in [3.05, 3.63) is 12.2 Å². The number of aliphatic hydroxyl groups excluding tert-OH is 5. The van der Waals surface area contributed by atoms with Crippen molar-refractivity contribution >= 4 is 5.91 Å². The monoisotopic (exact) mass is 812 g/mol. The Morgan fingerprint density at radius 2 is 0.965 bits per heavy atom. The Bertz CT molecular complexity index is 904. The van der Waals surface area contributed by atoms with E-state index in [0.717, 1.165) is 38.5 Å². The van der Waals surface area contributed by atoms with E-state index in [4.69, 9.17) is 9.47 Å². The highest BCUT2D eigenvalue weighted by Crippen LogP contribution is 2.23. The number of carbonyl (C=O) groups is 1. The lowest BCUT2D eigenvalue weighted by atomic mass is 9.99. The quantitative estimate of drug-likeness (QED) is 0.0264. The molecule has 0 radical (unpaired) electrons. The fourth-order valence-electron chi connectivity index (χ4n) is 7.92. The topological polar surface area (TPSA) is 149 Å². The molecule has 6 N–H and O–H groups in total. The van der Waals surface area contributed by atoms with Crippen LogP contribution in [0.2, 0.25) is 0 Å². The minimum Gasteiger partial charge on any atom is -0.394 e. The summed E-state index contributed by atoms with van der Waals surface area (Å²) < 4.78 is 11.2. The molecule has 1 saturated heterocycles. The van der Waals surface area contributed by atoms with Gasteiger partial charge in [0.1, 0.15) is 24.4 Å². The van der Waals surface area contributed by atoms with Crippen molar-refractivity contribution in [1.82, 2.24) is 5.32 Å². The summed E-state index contributed by atoms with van der Waals surface area (Å²) in [5.74, 6) is -0.173. The van der Waals surface area contributed by atoms with Gasteiger partial charge in [-0.3, -0.25) is 4.79 Å². The molecule has 0 spiro atoms. The van der Waals surface area contributed by atoms with E-state index in [1.165, 1.54) is 173 Å². The van der Waals surface area contributed by atoms with Crippen molar-refractivity contribution in [3.8, 4) is 0 Å². The van der Waals surface area contributed by atoms with Gasteiger partial charge in [-0.2, -0.15) is 0 Å². The third kappa shape index (κ3) is 29.7. The Labute approximate surface area is 350 Å². The molecule has 1 rings (SSSR count). The summed E-state index contributed by atoms with van der Waals surface area (Å²) in [5.41, 5.74) is 0. The summed E-state index contributed by atoms with van der Waals surface area (Å²) in [6, 6.07) is -0.798. The van der Waals surface area contributed by atoms with Gasteiger partial charge < -0.3 is 40.3 Å². The molecule has 7 atom stereocenters. The molecule has 0 aromatic rings. The molecule has 0 aromatic heterocycles. The smallest absolute Gasteiger partial charge is 0.220 e. The molecule has 1 heterocycles. The number of unbranched alkanes of at least 4 members (excludes halogenated alkanes) is 31. The molecular formula is C48H93NO8. The number of allylic oxidation sites excluding steroid dienone is 1. The van der Waals surface area contributed by atoms with E-state index in [-0.39, 0.29) is 12.5 Å². The lowest BCUT2D eigenvalue weighted by molar-refractivity contribution is -0.302. The highest BCUT2D eigenvalue weighted by molar-refractivity contribution is 5.76. The van der Waals surface area contributed by atoms with Crippen LogP contribution in [0, 0.1) is 0 Å². The molecule has 9 nitrogen and oxygen atoms in total. The number of amides is 1. The minimum atomic E-state index is -1.56. The number of ether oxygens (including phenoxy) is 2. The van der Waals surface area contributed by atoms with Crippen LogP contribution in [-0.2, 0) is 14.3 Å². The number of hydrogen-bond acceptors (Lipinski definition) is 8. The van der Waals surface area contributed by atoms with Crippen molar-refractivity contribution in [3.63, 3.8) is 0 Å². The normalized spacial score (nSPS) is 21.0. The van der Waals surface area contributed by atoms with E-state index in [2.05, 4.69) is 19.2 Å². The Balaban J connectivity index is 2.27. The van der Waals surface area contributed by atoms with Gasteiger partial charge in [-0.15, -0.1) is 0 Å². The van der Waals surface area contributed by atoms with E-state index in [1.54, 1.807) is 6.08 Å². The van der Waals surface area contributed by atoms with Gasteiger partial charge in [0, 0.05) is 6.42 Å². The van der Waals surface area contributed by atoms with E-state index >= 15 is 0 Å². The van der Waals surface area contributed by atoms with Gasteiger partial charge in [0.2, 0.25) is 5.91 Å². The standard InChI is InChI=1S/C48H93NO8/c1-3-5-7-9-11-13-15-17-18-19-20-21-22-23-24-26-28-30-32-34-36-38-44(52)49-41(40-56-48-47(55)46(54)45(53)43(39-50)57-48)42(51)37-35-33-31-29-27-25-16-14-12-10-8-6-4-2/h35,37,41-43,45-48,50-51,53-55H,3-34,36,38-40H2,1-2H3,(H,49,52)/b37-35+/t41-,42+,43-,45+,46+,47-,48+/m1/s1. The van der Waals surface area contributed by atoms with Gasteiger partial charge in [-0.1, -0.05) is 219 Å². The third-order valence-corrected chi connectivity index (χ3v) is 11.9. The predicted octanol–water partition coefficient (Wildman–Crippen LogP) is 10.5. The number of nitrogens with one attached hydrogen (secondary N) is 1. The van der Waals surface area contributed by atoms with Crippen LogP contribution in [0.15, 0.2) is 12.2 Å². The van der Waals surface area contributed by atoms with Crippen LogP contribution in [0.3, 0.4) is 0 Å². The van der Waals surface area contributed by atoms with Gasteiger partial charge in [0.25, 0.3) is 0 Å². The number of carbonyl (C=O) groups excluding carboxylic acids is 1. The maximum atomic E-state index is 13.0. The van der Waals surface area contributed by atoms with Crippen molar-refractivity contribution in [2.75, 3.05) is 13.2 Å².